The number of rotatable bonds is 1. The minimum Gasteiger partial charge on any atom is -0.465 e. The average Bonchev–Trinajstić information content (AvgIpc) is 2.59. The number of benzene rings is 1. The molecule has 0 saturated carbocycles. The van der Waals surface area contributed by atoms with Crippen LogP contribution in [0.3, 0.4) is 0 Å². The fourth-order valence-electron chi connectivity index (χ4n) is 1.58. The SMILES string of the molecule is COC(=O)c1ccc2[nH]c(C)cc2c1Cl. The molecule has 1 heterocycles. The monoisotopic (exact) mass is 223 g/mol. The molecule has 0 aliphatic heterocycles. The number of ether oxygens (including phenoxy) is 1. The molecule has 0 aliphatic carbocycles. The maximum absolute atomic E-state index is 11.4. The normalized spacial score (nSPS) is 10.6. The Bertz CT molecular complexity index is 531. The van der Waals surface area contributed by atoms with E-state index in [1.165, 1.54) is 7.11 Å². The number of aromatic nitrogens is 1. The van der Waals surface area contributed by atoms with Gasteiger partial charge in [-0.2, -0.15) is 0 Å². The second-order valence-corrected chi connectivity index (χ2v) is 3.71. The number of hydrogen-bond donors (Lipinski definition) is 1. The summed E-state index contributed by atoms with van der Waals surface area (Å²) in [7, 11) is 1.34. The summed E-state index contributed by atoms with van der Waals surface area (Å²) in [5, 5.41) is 1.28. The molecule has 3 nitrogen and oxygen atoms in total. The third-order valence-corrected chi connectivity index (χ3v) is 2.68. The van der Waals surface area contributed by atoms with Gasteiger partial charge in [-0.3, -0.25) is 0 Å². The molecule has 15 heavy (non-hydrogen) atoms. The van der Waals surface area contributed by atoms with Crippen LogP contribution in [0.1, 0.15) is 16.1 Å². The smallest absolute Gasteiger partial charge is 0.339 e. The highest BCUT2D eigenvalue weighted by Crippen LogP contribution is 2.28. The number of aryl methyl sites for hydroxylation is 1. The van der Waals surface area contributed by atoms with E-state index in [0.29, 0.717) is 10.6 Å². The molecule has 0 bridgehead atoms. The van der Waals surface area contributed by atoms with Gasteiger partial charge in [-0.25, -0.2) is 4.79 Å². The number of methoxy groups -OCH3 is 1. The molecule has 4 heteroatoms. The molecule has 0 amide bonds. The summed E-state index contributed by atoms with van der Waals surface area (Å²) in [4.78, 5) is 14.5. The fourth-order valence-corrected chi connectivity index (χ4v) is 1.87. The first-order chi connectivity index (χ1) is 7.13. The average molecular weight is 224 g/mol. The number of nitrogens with one attached hydrogen (secondary N) is 1. The third-order valence-electron chi connectivity index (χ3n) is 2.28. The van der Waals surface area contributed by atoms with Crippen molar-refractivity contribution in [1.82, 2.24) is 4.98 Å². The van der Waals surface area contributed by atoms with Crippen molar-refractivity contribution in [3.05, 3.63) is 34.5 Å². The van der Waals surface area contributed by atoms with Gasteiger partial charge in [0.2, 0.25) is 0 Å². The van der Waals surface area contributed by atoms with Crippen molar-refractivity contribution in [3.63, 3.8) is 0 Å². The first-order valence-electron chi connectivity index (χ1n) is 4.49. The van der Waals surface area contributed by atoms with E-state index >= 15 is 0 Å². The standard InChI is InChI=1S/C11H10ClNO2/c1-6-5-8-9(13-6)4-3-7(10(8)12)11(14)15-2/h3-5,13H,1-2H3. The summed E-state index contributed by atoms with van der Waals surface area (Å²) in [5.74, 6) is -0.416. The molecule has 2 rings (SSSR count). The number of aromatic amines is 1. The largest absolute Gasteiger partial charge is 0.465 e. The molecule has 1 N–H and O–H groups in total. The van der Waals surface area contributed by atoms with Gasteiger partial charge in [0.25, 0.3) is 0 Å². The molecule has 0 fully saturated rings. The van der Waals surface area contributed by atoms with Crippen LogP contribution in [0, 0.1) is 6.92 Å². The first-order valence-corrected chi connectivity index (χ1v) is 4.87. The molecule has 78 valence electrons. The Morgan fingerprint density at radius 1 is 1.47 bits per heavy atom. The molecule has 0 radical (unpaired) electrons. The highest BCUT2D eigenvalue weighted by Gasteiger charge is 2.13. The van der Waals surface area contributed by atoms with E-state index in [1.807, 2.05) is 19.1 Å². The van der Waals surface area contributed by atoms with Gasteiger partial charge in [-0.05, 0) is 25.1 Å². The Morgan fingerprint density at radius 3 is 2.87 bits per heavy atom. The van der Waals surface area contributed by atoms with Crippen LogP contribution >= 0.6 is 11.6 Å². The van der Waals surface area contributed by atoms with Crippen molar-refractivity contribution in [2.24, 2.45) is 0 Å². The van der Waals surface area contributed by atoms with Crippen molar-refractivity contribution in [1.29, 1.82) is 0 Å². The molecule has 1 aromatic heterocycles. The Balaban J connectivity index is 2.69. The molecule has 0 spiro atoms. The number of halogens is 1. The van der Waals surface area contributed by atoms with Crippen molar-refractivity contribution in [3.8, 4) is 0 Å². The molecule has 0 unspecified atom stereocenters. The lowest BCUT2D eigenvalue weighted by molar-refractivity contribution is 0.0601. The van der Waals surface area contributed by atoms with Crippen LogP contribution in [0.4, 0.5) is 0 Å². The molecule has 1 aromatic carbocycles. The minimum absolute atomic E-state index is 0.394. The van der Waals surface area contributed by atoms with Gasteiger partial charge in [-0.15, -0.1) is 0 Å². The zero-order valence-electron chi connectivity index (χ0n) is 8.43. The molecule has 0 atom stereocenters. The summed E-state index contributed by atoms with van der Waals surface area (Å²) in [6.45, 7) is 1.94. The quantitative estimate of drug-likeness (QED) is 0.756. The minimum atomic E-state index is -0.416. The fraction of sp³-hybridized carbons (Fsp3) is 0.182. The Labute approximate surface area is 92.0 Å². The molecule has 0 aliphatic rings. The lowest BCUT2D eigenvalue weighted by atomic mass is 10.1. The van der Waals surface area contributed by atoms with Gasteiger partial charge >= 0.3 is 5.97 Å². The van der Waals surface area contributed by atoms with Crippen molar-refractivity contribution in [2.75, 3.05) is 7.11 Å². The van der Waals surface area contributed by atoms with Crippen molar-refractivity contribution < 1.29 is 9.53 Å². The Hall–Kier alpha value is -1.48. The van der Waals surface area contributed by atoms with Gasteiger partial charge in [0.15, 0.2) is 0 Å². The lowest BCUT2D eigenvalue weighted by Gasteiger charge is -2.02. The summed E-state index contributed by atoms with van der Waals surface area (Å²) in [6.07, 6.45) is 0. The van der Waals surface area contributed by atoms with Gasteiger partial charge in [0.1, 0.15) is 0 Å². The number of carbonyl (C=O) groups is 1. The zero-order valence-corrected chi connectivity index (χ0v) is 9.18. The van der Waals surface area contributed by atoms with Crippen LogP contribution in [-0.4, -0.2) is 18.1 Å². The van der Waals surface area contributed by atoms with E-state index < -0.39 is 5.97 Å². The molecular formula is C11H10ClNO2. The highest BCUT2D eigenvalue weighted by molar-refractivity contribution is 6.38. The van der Waals surface area contributed by atoms with E-state index in [0.717, 1.165) is 16.6 Å². The van der Waals surface area contributed by atoms with E-state index in [2.05, 4.69) is 9.72 Å². The second-order valence-electron chi connectivity index (χ2n) is 3.33. The van der Waals surface area contributed by atoms with Gasteiger partial charge in [0.05, 0.1) is 17.7 Å². The van der Waals surface area contributed by atoms with Crippen molar-refractivity contribution in [2.45, 2.75) is 6.92 Å². The Morgan fingerprint density at radius 2 is 2.20 bits per heavy atom. The molecule has 0 saturated heterocycles. The van der Waals surface area contributed by atoms with E-state index in [4.69, 9.17) is 11.6 Å². The van der Waals surface area contributed by atoms with E-state index in [9.17, 15) is 4.79 Å². The van der Waals surface area contributed by atoms with Crippen LogP contribution < -0.4 is 0 Å². The predicted octanol–water partition coefficient (Wildman–Crippen LogP) is 2.92. The van der Waals surface area contributed by atoms with E-state index in [1.54, 1.807) is 6.07 Å². The van der Waals surface area contributed by atoms with E-state index in [-0.39, 0.29) is 0 Å². The van der Waals surface area contributed by atoms with Crippen LogP contribution in [0.25, 0.3) is 10.9 Å². The van der Waals surface area contributed by atoms with Crippen LogP contribution in [0.5, 0.6) is 0 Å². The summed E-state index contributed by atoms with van der Waals surface area (Å²) in [6, 6.07) is 5.39. The van der Waals surface area contributed by atoms with Crippen molar-refractivity contribution >= 4 is 28.5 Å². The Kier molecular flexibility index (Phi) is 2.40. The topological polar surface area (TPSA) is 42.1 Å². The maximum Gasteiger partial charge on any atom is 0.339 e. The summed E-state index contributed by atoms with van der Waals surface area (Å²) in [5.41, 5.74) is 2.32. The number of H-pyrrole nitrogens is 1. The number of carbonyl (C=O) groups excluding carboxylic acids is 1. The number of esters is 1. The lowest BCUT2D eigenvalue weighted by Crippen LogP contribution is -2.01. The first kappa shape index (κ1) is 10.1. The zero-order chi connectivity index (χ0) is 11.0. The van der Waals surface area contributed by atoms with Gasteiger partial charge < -0.3 is 9.72 Å². The van der Waals surface area contributed by atoms with Gasteiger partial charge in [-0.1, -0.05) is 11.6 Å². The summed E-state index contributed by atoms with van der Waals surface area (Å²) < 4.78 is 4.64. The third kappa shape index (κ3) is 1.59. The number of fused-ring (bicyclic) bond motifs is 1. The number of hydrogen-bond acceptors (Lipinski definition) is 2. The van der Waals surface area contributed by atoms with Crippen LogP contribution in [-0.2, 0) is 4.74 Å². The van der Waals surface area contributed by atoms with Gasteiger partial charge in [0, 0.05) is 16.6 Å². The molecule has 2 aromatic rings. The second kappa shape index (κ2) is 3.59. The highest BCUT2D eigenvalue weighted by atomic mass is 35.5. The van der Waals surface area contributed by atoms with Crippen LogP contribution in [0.15, 0.2) is 18.2 Å². The maximum atomic E-state index is 11.4. The summed E-state index contributed by atoms with van der Waals surface area (Å²) >= 11 is 6.11. The van der Waals surface area contributed by atoms with Crippen LogP contribution in [0.2, 0.25) is 5.02 Å². The predicted molar refractivity (Wildman–Crippen MR) is 59.4 cm³/mol. The molecular weight excluding hydrogens is 214 g/mol.